The minimum absolute atomic E-state index is 0.135. The van der Waals surface area contributed by atoms with Gasteiger partial charge in [-0.1, -0.05) is 18.2 Å². The largest absolute Gasteiger partial charge is 0.480 e. The first-order chi connectivity index (χ1) is 10.5. The summed E-state index contributed by atoms with van der Waals surface area (Å²) in [5.74, 6) is -1.72. The van der Waals surface area contributed by atoms with E-state index in [0.29, 0.717) is 31.4 Å². The highest BCUT2D eigenvalue weighted by Gasteiger charge is 2.13. The number of aliphatic carboxylic acids is 1. The Morgan fingerprint density at radius 2 is 1.77 bits per heavy atom. The molecule has 2 amide bonds. The van der Waals surface area contributed by atoms with E-state index in [9.17, 15) is 14.4 Å². The maximum Gasteiger partial charge on any atom is 0.322 e. The molecule has 0 heterocycles. The van der Waals surface area contributed by atoms with Gasteiger partial charge in [-0.2, -0.15) is 0 Å². The average Bonchev–Trinajstić information content (AvgIpc) is 2.52. The molecule has 0 unspecified atom stereocenters. The fourth-order valence-corrected chi connectivity index (χ4v) is 1.81. The number of hydrogen-bond acceptors (Lipinski definition) is 4. The summed E-state index contributed by atoms with van der Waals surface area (Å²) >= 11 is 0. The Kier molecular flexibility index (Phi) is 7.63. The summed E-state index contributed by atoms with van der Waals surface area (Å²) < 4.78 is 0. The van der Waals surface area contributed by atoms with Crippen molar-refractivity contribution in [2.75, 3.05) is 13.1 Å². The summed E-state index contributed by atoms with van der Waals surface area (Å²) in [5.41, 5.74) is 6.25. The summed E-state index contributed by atoms with van der Waals surface area (Å²) in [5, 5.41) is 13.5. The maximum absolute atomic E-state index is 11.7. The molecule has 1 aromatic carbocycles. The lowest BCUT2D eigenvalue weighted by molar-refractivity contribution is -0.138. The molecular weight excluding hydrogens is 286 g/mol. The zero-order chi connectivity index (χ0) is 16.4. The number of benzene rings is 1. The van der Waals surface area contributed by atoms with E-state index in [1.54, 1.807) is 24.3 Å². The minimum Gasteiger partial charge on any atom is -0.480 e. The zero-order valence-electron chi connectivity index (χ0n) is 12.2. The van der Waals surface area contributed by atoms with Gasteiger partial charge in [-0.3, -0.25) is 14.4 Å². The Morgan fingerprint density at radius 1 is 1.09 bits per heavy atom. The number of rotatable bonds is 9. The zero-order valence-corrected chi connectivity index (χ0v) is 12.2. The Hall–Kier alpha value is -2.41. The normalized spacial score (nSPS) is 11.5. The number of amides is 2. The number of carboxylic acids is 1. The number of hydrogen-bond donors (Lipinski definition) is 4. The molecule has 7 nitrogen and oxygen atoms in total. The molecule has 0 spiro atoms. The lowest BCUT2D eigenvalue weighted by atomic mass is 10.1. The number of nitrogens with one attached hydrogen (secondary N) is 2. The van der Waals surface area contributed by atoms with Crippen molar-refractivity contribution >= 4 is 17.8 Å². The quantitative estimate of drug-likeness (QED) is 0.483. The van der Waals surface area contributed by atoms with Crippen LogP contribution in [-0.2, 0) is 9.59 Å². The molecule has 0 radical (unpaired) electrons. The lowest BCUT2D eigenvalue weighted by Crippen LogP contribution is -2.42. The second-order valence-electron chi connectivity index (χ2n) is 4.84. The van der Waals surface area contributed by atoms with Gasteiger partial charge in [0.05, 0.1) is 6.04 Å². The summed E-state index contributed by atoms with van der Waals surface area (Å²) in [6, 6.07) is 8.17. The fraction of sp³-hybridized carbons (Fsp3) is 0.400. The highest BCUT2D eigenvalue weighted by molar-refractivity contribution is 5.94. The molecule has 0 aromatic heterocycles. The third-order valence-electron chi connectivity index (χ3n) is 3.01. The van der Waals surface area contributed by atoms with Crippen LogP contribution in [0.2, 0.25) is 0 Å². The van der Waals surface area contributed by atoms with Gasteiger partial charge in [-0.05, 0) is 31.4 Å². The van der Waals surface area contributed by atoms with Crippen LogP contribution in [0.1, 0.15) is 29.6 Å². The summed E-state index contributed by atoms with van der Waals surface area (Å²) in [6.07, 6.45) is 1.79. The molecule has 0 saturated heterocycles. The molecule has 0 aliphatic rings. The van der Waals surface area contributed by atoms with Crippen molar-refractivity contribution in [1.29, 1.82) is 0 Å². The van der Waals surface area contributed by atoms with E-state index >= 15 is 0 Å². The molecule has 22 heavy (non-hydrogen) atoms. The van der Waals surface area contributed by atoms with Crippen molar-refractivity contribution in [2.24, 2.45) is 5.73 Å². The Balaban J connectivity index is 2.13. The first-order valence-corrected chi connectivity index (χ1v) is 7.09. The third-order valence-corrected chi connectivity index (χ3v) is 3.01. The van der Waals surface area contributed by atoms with Crippen LogP contribution in [0, 0.1) is 0 Å². The SMILES string of the molecule is N[C@H](CCCCNC(=O)c1ccccc1)C(=O)NCC(=O)O. The average molecular weight is 307 g/mol. The van der Waals surface area contributed by atoms with Gasteiger partial charge in [0.2, 0.25) is 5.91 Å². The molecule has 1 rings (SSSR count). The maximum atomic E-state index is 11.7. The minimum atomic E-state index is -1.11. The van der Waals surface area contributed by atoms with Gasteiger partial charge < -0.3 is 21.5 Å². The first kappa shape index (κ1) is 17.6. The van der Waals surface area contributed by atoms with Crippen molar-refractivity contribution < 1.29 is 19.5 Å². The van der Waals surface area contributed by atoms with Crippen LogP contribution in [0.15, 0.2) is 30.3 Å². The fourth-order valence-electron chi connectivity index (χ4n) is 1.81. The van der Waals surface area contributed by atoms with Crippen LogP contribution >= 0.6 is 0 Å². The molecule has 0 bridgehead atoms. The predicted octanol–water partition coefficient (Wildman–Crippen LogP) is 0.115. The molecule has 0 saturated carbocycles. The second kappa shape index (κ2) is 9.51. The van der Waals surface area contributed by atoms with Crippen LogP contribution in [0.4, 0.5) is 0 Å². The Morgan fingerprint density at radius 3 is 2.41 bits per heavy atom. The van der Waals surface area contributed by atoms with Gasteiger partial charge in [0, 0.05) is 12.1 Å². The van der Waals surface area contributed by atoms with E-state index in [1.807, 2.05) is 6.07 Å². The summed E-state index contributed by atoms with van der Waals surface area (Å²) in [7, 11) is 0. The Bertz CT molecular complexity index is 505. The monoisotopic (exact) mass is 307 g/mol. The second-order valence-corrected chi connectivity index (χ2v) is 4.84. The molecule has 0 fully saturated rings. The number of carbonyl (C=O) groups is 3. The van der Waals surface area contributed by atoms with Gasteiger partial charge in [0.1, 0.15) is 6.54 Å². The summed E-state index contributed by atoms with van der Waals surface area (Å²) in [6.45, 7) is 0.0663. The van der Waals surface area contributed by atoms with E-state index in [0.717, 1.165) is 0 Å². The molecule has 7 heteroatoms. The molecule has 1 atom stereocenters. The molecule has 1 aromatic rings. The van der Waals surface area contributed by atoms with Gasteiger partial charge in [0.15, 0.2) is 0 Å². The van der Waals surface area contributed by atoms with E-state index in [1.165, 1.54) is 0 Å². The first-order valence-electron chi connectivity index (χ1n) is 7.09. The van der Waals surface area contributed by atoms with Crippen molar-refractivity contribution in [2.45, 2.75) is 25.3 Å². The lowest BCUT2D eigenvalue weighted by Gasteiger charge is -2.11. The molecule has 5 N–H and O–H groups in total. The van der Waals surface area contributed by atoms with Crippen molar-refractivity contribution in [3.8, 4) is 0 Å². The molecule has 0 aliphatic carbocycles. The highest BCUT2D eigenvalue weighted by Crippen LogP contribution is 2.00. The molecule has 120 valence electrons. The van der Waals surface area contributed by atoms with Crippen LogP contribution in [0.25, 0.3) is 0 Å². The van der Waals surface area contributed by atoms with Crippen molar-refractivity contribution in [3.05, 3.63) is 35.9 Å². The van der Waals surface area contributed by atoms with Gasteiger partial charge in [0.25, 0.3) is 5.91 Å². The van der Waals surface area contributed by atoms with Gasteiger partial charge >= 0.3 is 5.97 Å². The van der Waals surface area contributed by atoms with Crippen LogP contribution in [0.3, 0.4) is 0 Å². The molecular formula is C15H21N3O4. The smallest absolute Gasteiger partial charge is 0.322 e. The number of carbonyl (C=O) groups excluding carboxylic acids is 2. The van der Waals surface area contributed by atoms with Gasteiger partial charge in [-0.15, -0.1) is 0 Å². The Labute approximate surface area is 128 Å². The van der Waals surface area contributed by atoms with E-state index in [4.69, 9.17) is 10.8 Å². The van der Waals surface area contributed by atoms with Crippen LogP contribution in [0.5, 0.6) is 0 Å². The van der Waals surface area contributed by atoms with E-state index in [2.05, 4.69) is 10.6 Å². The van der Waals surface area contributed by atoms with Crippen molar-refractivity contribution in [3.63, 3.8) is 0 Å². The standard InChI is InChI=1S/C15H21N3O4/c16-12(15(22)18-10-13(19)20)8-4-5-9-17-14(21)11-6-2-1-3-7-11/h1-3,6-7,12H,4-5,8-10,16H2,(H,17,21)(H,18,22)(H,19,20)/t12-/m1/s1. The van der Waals surface area contributed by atoms with Crippen molar-refractivity contribution in [1.82, 2.24) is 10.6 Å². The highest BCUT2D eigenvalue weighted by atomic mass is 16.4. The van der Waals surface area contributed by atoms with Crippen LogP contribution < -0.4 is 16.4 Å². The van der Waals surface area contributed by atoms with E-state index in [-0.39, 0.29) is 5.91 Å². The molecule has 0 aliphatic heterocycles. The third kappa shape index (κ3) is 6.85. The van der Waals surface area contributed by atoms with Crippen LogP contribution in [-0.4, -0.2) is 42.0 Å². The summed E-state index contributed by atoms with van der Waals surface area (Å²) in [4.78, 5) is 33.5. The number of nitrogens with two attached hydrogens (primary N) is 1. The number of unbranched alkanes of at least 4 members (excludes halogenated alkanes) is 1. The van der Waals surface area contributed by atoms with Gasteiger partial charge in [-0.25, -0.2) is 0 Å². The number of carboxylic acid groups (broad SMARTS) is 1. The van der Waals surface area contributed by atoms with E-state index < -0.39 is 24.5 Å². The predicted molar refractivity (Wildman–Crippen MR) is 81.2 cm³/mol. The topological polar surface area (TPSA) is 122 Å².